The summed E-state index contributed by atoms with van der Waals surface area (Å²) in [5.74, 6) is -7.79. The Hall–Kier alpha value is -6.57. The monoisotopic (exact) mass is 1380 g/mol. The average Bonchev–Trinajstić information content (AvgIpc) is 1.58. The summed E-state index contributed by atoms with van der Waals surface area (Å²) >= 11 is 6.13. The van der Waals surface area contributed by atoms with Gasteiger partial charge in [0.1, 0.15) is 41.8 Å². The van der Waals surface area contributed by atoms with Crippen molar-refractivity contribution in [2.75, 3.05) is 81.7 Å². The number of carbonyl (C=O) groups excluding carboxylic acids is 11. The van der Waals surface area contributed by atoms with E-state index in [9.17, 15) is 56.3 Å². The number of rotatable bonds is 15. The molecular weight excluding hydrogens is 1270 g/mol. The molecule has 1 spiro atoms. The Kier molecular flexibility index (Phi) is 30.3. The number of halogens is 4. The highest BCUT2D eigenvalue weighted by Gasteiger charge is 2.50. The van der Waals surface area contributed by atoms with Gasteiger partial charge < -0.3 is 60.3 Å². The van der Waals surface area contributed by atoms with Crippen molar-refractivity contribution >= 4 is 76.6 Å². The second-order valence-corrected chi connectivity index (χ2v) is 29.0. The molecule has 27 heteroatoms. The number of amides is 11. The molecule has 2 heterocycles. The van der Waals surface area contributed by atoms with Gasteiger partial charge in [-0.05, 0) is 105 Å². The van der Waals surface area contributed by atoms with Crippen molar-refractivity contribution in [2.45, 2.75) is 225 Å². The van der Waals surface area contributed by atoms with Gasteiger partial charge in [-0.2, -0.15) is 13.2 Å². The SMILES string of the molecule is CC[C@H](C)[C@@H]1NC(=O)[C@H](CC(C)C)N(C)C(=O)C[C@@H](COCCC(C)C)NC(=O)[C@H](C(C)C)N(C)C(=O)C2(CCCC2)NC(=O)[C@@H]2CCCN2C(=O)[C@H](CCc2ccc(C(F)(F)F)c(Cl)c2)NC(=O)CN(C)C(=O)[C@H](CC2CCCCC2)N(C)C(=O)CN(C)C(=O)CN(C)C1=O. The molecule has 8 atom stereocenters. The van der Waals surface area contributed by atoms with Crippen LogP contribution in [0.4, 0.5) is 13.2 Å². The van der Waals surface area contributed by atoms with E-state index >= 15 is 9.59 Å². The standard InChI is InChI=1S/C69H109ClF3N11O12/c1-15-45(8)59-66(94)80(11)39-57(87)78(9)40-58(88)82(13)54(36-46-22-17-16-18-23-46)65(93)79(10)38-55(85)75-51(28-26-47-25-27-49(50(70)35-47)69(71,72)73)64(92)84-32-21-24-52(84)62(90)77-68(30-19-20-31-68)67(95)83(14)60(44(6)7)63(91)74-48(41-96-33-29-42(2)3)37-56(86)81(12)53(34-43(4)5)61(89)76-59/h25,27,35,42-46,48,51-54,59-60H,15-24,26,28-34,36-41H2,1-14H3,(H,74,91)(H,75,85)(H,76,89)(H,77,90)/t45-,48-,51-,52-,53-,54-,59-,60-/m0/s1. The fraction of sp³-hybridized carbons (Fsp3) is 0.754. The van der Waals surface area contributed by atoms with Crippen LogP contribution in [0.25, 0.3) is 0 Å². The lowest BCUT2D eigenvalue weighted by Gasteiger charge is -2.39. The van der Waals surface area contributed by atoms with Crippen molar-refractivity contribution in [3.63, 3.8) is 0 Å². The fourth-order valence-electron chi connectivity index (χ4n) is 13.6. The van der Waals surface area contributed by atoms with Crippen LogP contribution in [-0.4, -0.2) is 229 Å². The van der Waals surface area contributed by atoms with Crippen molar-refractivity contribution in [2.24, 2.45) is 29.6 Å². The third kappa shape index (κ3) is 22.0. The maximum atomic E-state index is 15.2. The Morgan fingerprint density at radius 1 is 0.656 bits per heavy atom. The Labute approximate surface area is 571 Å². The van der Waals surface area contributed by atoms with Gasteiger partial charge in [0.05, 0.1) is 42.9 Å². The van der Waals surface area contributed by atoms with E-state index in [2.05, 4.69) is 21.3 Å². The van der Waals surface area contributed by atoms with Gasteiger partial charge in [0, 0.05) is 61.9 Å². The second kappa shape index (κ2) is 36.3. The molecule has 0 radical (unpaired) electrons. The molecule has 1 aromatic carbocycles. The number of carbonyl (C=O) groups is 11. The van der Waals surface area contributed by atoms with Crippen LogP contribution < -0.4 is 21.3 Å². The Morgan fingerprint density at radius 3 is 1.88 bits per heavy atom. The van der Waals surface area contributed by atoms with Gasteiger partial charge in [0.25, 0.3) is 0 Å². The number of likely N-dealkylation sites (N-methyl/N-ethyl adjacent to an activating group) is 6. The molecule has 11 amide bonds. The van der Waals surface area contributed by atoms with Crippen LogP contribution in [-0.2, 0) is 70.1 Å². The highest BCUT2D eigenvalue weighted by atomic mass is 35.5. The zero-order valence-electron chi connectivity index (χ0n) is 59.2. The van der Waals surface area contributed by atoms with Crippen molar-refractivity contribution in [3.05, 3.63) is 34.3 Å². The van der Waals surface area contributed by atoms with E-state index in [0.717, 1.165) is 58.9 Å². The minimum atomic E-state index is -4.75. The van der Waals surface area contributed by atoms with Crippen molar-refractivity contribution in [1.29, 1.82) is 0 Å². The summed E-state index contributed by atoms with van der Waals surface area (Å²) in [6.07, 6.45) is 2.48. The summed E-state index contributed by atoms with van der Waals surface area (Å²) in [6, 6.07) is -4.91. The van der Waals surface area contributed by atoms with Gasteiger partial charge in [0.2, 0.25) is 65.0 Å². The first-order chi connectivity index (χ1) is 45.0. The number of nitrogens with zero attached hydrogens (tertiary/aromatic N) is 7. The van der Waals surface area contributed by atoms with Gasteiger partial charge >= 0.3 is 6.18 Å². The molecule has 2 aliphatic carbocycles. The Morgan fingerprint density at radius 2 is 1.28 bits per heavy atom. The molecule has 4 N–H and O–H groups in total. The number of aryl methyl sites for hydroxylation is 1. The number of hydrogen-bond acceptors (Lipinski definition) is 12. The number of alkyl halides is 3. The molecule has 0 unspecified atom stereocenters. The Balaban J connectivity index is 1.58. The van der Waals surface area contributed by atoms with Crippen molar-refractivity contribution < 1.29 is 70.6 Å². The molecule has 1 aromatic rings. The average molecular weight is 1380 g/mol. The molecule has 2 saturated heterocycles. The smallest absolute Gasteiger partial charge is 0.379 e. The van der Waals surface area contributed by atoms with E-state index < -0.39 is 161 Å². The third-order valence-corrected chi connectivity index (χ3v) is 20.0. The predicted octanol–water partition coefficient (Wildman–Crippen LogP) is 6.21. The number of nitrogens with one attached hydrogen (secondary N) is 4. The van der Waals surface area contributed by atoms with E-state index in [1.807, 2.05) is 34.6 Å². The molecule has 23 nitrogen and oxygen atoms in total. The van der Waals surface area contributed by atoms with Gasteiger partial charge in [-0.25, -0.2) is 0 Å². The summed E-state index contributed by atoms with van der Waals surface area (Å²) < 4.78 is 47.5. The van der Waals surface area contributed by atoms with Crippen LogP contribution in [0.15, 0.2) is 18.2 Å². The normalized spacial score (nSPS) is 25.5. The number of benzene rings is 1. The van der Waals surface area contributed by atoms with Gasteiger partial charge in [-0.15, -0.1) is 0 Å². The molecule has 4 fully saturated rings. The predicted molar refractivity (Wildman–Crippen MR) is 357 cm³/mol. The number of hydrogen-bond donors (Lipinski definition) is 4. The highest BCUT2D eigenvalue weighted by Crippen LogP contribution is 2.37. The topological polar surface area (TPSA) is 268 Å². The zero-order chi connectivity index (χ0) is 71.7. The van der Waals surface area contributed by atoms with E-state index in [4.69, 9.17) is 16.3 Å². The van der Waals surface area contributed by atoms with Crippen LogP contribution >= 0.6 is 11.6 Å². The maximum Gasteiger partial charge on any atom is 0.417 e. The summed E-state index contributed by atoms with van der Waals surface area (Å²) in [4.78, 5) is 170. The van der Waals surface area contributed by atoms with Crippen molar-refractivity contribution in [3.8, 4) is 0 Å². The Bertz CT molecular complexity index is 2890. The quantitative estimate of drug-likeness (QED) is 0.143. The first-order valence-corrected chi connectivity index (χ1v) is 34.9. The molecule has 5 rings (SSSR count). The summed E-state index contributed by atoms with van der Waals surface area (Å²) in [7, 11) is 8.56. The second-order valence-electron chi connectivity index (χ2n) is 28.6. The van der Waals surface area contributed by atoms with Crippen LogP contribution in [0.2, 0.25) is 5.02 Å². The lowest BCUT2D eigenvalue weighted by Crippen LogP contribution is -2.64. The lowest BCUT2D eigenvalue weighted by atomic mass is 9.84. The first kappa shape index (κ1) is 80.1. The number of fused-ring (bicyclic) bond motifs is 1. The van der Waals surface area contributed by atoms with E-state index in [-0.39, 0.29) is 82.3 Å². The molecule has 2 aliphatic heterocycles. The van der Waals surface area contributed by atoms with E-state index in [1.54, 1.807) is 20.8 Å². The van der Waals surface area contributed by atoms with E-state index in [1.165, 1.54) is 68.0 Å². The lowest BCUT2D eigenvalue weighted by molar-refractivity contribution is -0.149. The minimum Gasteiger partial charge on any atom is -0.379 e. The van der Waals surface area contributed by atoms with Crippen LogP contribution in [0, 0.1) is 29.6 Å². The third-order valence-electron chi connectivity index (χ3n) is 19.7. The largest absolute Gasteiger partial charge is 0.417 e. The highest BCUT2D eigenvalue weighted by molar-refractivity contribution is 6.31. The van der Waals surface area contributed by atoms with Gasteiger partial charge in [-0.1, -0.05) is 124 Å². The van der Waals surface area contributed by atoms with Gasteiger partial charge in [-0.3, -0.25) is 52.7 Å². The van der Waals surface area contributed by atoms with Crippen molar-refractivity contribution in [1.82, 2.24) is 55.6 Å². The molecule has 540 valence electrons. The van der Waals surface area contributed by atoms with Crippen LogP contribution in [0.3, 0.4) is 0 Å². The molecule has 2 saturated carbocycles. The van der Waals surface area contributed by atoms with Crippen LogP contribution in [0.5, 0.6) is 0 Å². The molecule has 0 bridgehead atoms. The summed E-state index contributed by atoms with van der Waals surface area (Å²) in [5, 5.41) is 11.1. The summed E-state index contributed by atoms with van der Waals surface area (Å²) in [5.41, 5.74) is -2.29. The molecule has 4 aliphatic rings. The maximum absolute atomic E-state index is 15.2. The minimum absolute atomic E-state index is 0.0274. The van der Waals surface area contributed by atoms with Crippen LogP contribution in [0.1, 0.15) is 176 Å². The van der Waals surface area contributed by atoms with E-state index in [0.29, 0.717) is 44.3 Å². The number of ether oxygens (including phenoxy) is 1. The molecule has 0 aromatic heterocycles. The summed E-state index contributed by atoms with van der Waals surface area (Å²) in [6.45, 7) is 13.6. The molecule has 96 heavy (non-hydrogen) atoms. The fourth-order valence-corrected chi connectivity index (χ4v) is 13.9. The zero-order valence-corrected chi connectivity index (χ0v) is 59.9. The van der Waals surface area contributed by atoms with Gasteiger partial charge in [0.15, 0.2) is 0 Å². The molecular formula is C69H109ClF3N11O12. The first-order valence-electron chi connectivity index (χ1n) is 34.5.